The van der Waals surface area contributed by atoms with Crippen molar-refractivity contribution in [2.24, 2.45) is 0 Å². The quantitative estimate of drug-likeness (QED) is 0.458. The van der Waals surface area contributed by atoms with Crippen LogP contribution in [0.25, 0.3) is 0 Å². The Morgan fingerprint density at radius 1 is 1.09 bits per heavy atom. The van der Waals surface area contributed by atoms with Gasteiger partial charge in [-0.05, 0) is 75.1 Å². The van der Waals surface area contributed by atoms with Gasteiger partial charge in [0.2, 0.25) is 15.9 Å². The number of anilines is 1. The van der Waals surface area contributed by atoms with Gasteiger partial charge in [0.1, 0.15) is 18.0 Å². The molecule has 1 amide bonds. The maximum absolute atomic E-state index is 12.4. The van der Waals surface area contributed by atoms with Gasteiger partial charge in [-0.25, -0.2) is 8.42 Å². The van der Waals surface area contributed by atoms with E-state index in [-0.39, 0.29) is 18.6 Å². The Morgan fingerprint density at radius 2 is 1.81 bits per heavy atom. The molecule has 0 aliphatic carbocycles. The zero-order chi connectivity index (χ0) is 23.6. The van der Waals surface area contributed by atoms with Gasteiger partial charge in [0, 0.05) is 6.54 Å². The molecule has 0 aliphatic rings. The summed E-state index contributed by atoms with van der Waals surface area (Å²) in [6.07, 6.45) is 3.61. The molecule has 0 bridgehead atoms. The molecular formula is C24H34N2O5S. The molecule has 0 saturated heterocycles. The summed E-state index contributed by atoms with van der Waals surface area (Å²) in [6.45, 7) is 6.75. The lowest BCUT2D eigenvalue weighted by molar-refractivity contribution is -0.119. The highest BCUT2D eigenvalue weighted by Gasteiger charge is 2.20. The van der Waals surface area contributed by atoms with Crippen LogP contribution in [0, 0.1) is 0 Å². The van der Waals surface area contributed by atoms with E-state index in [1.165, 1.54) is 0 Å². The van der Waals surface area contributed by atoms with Crippen molar-refractivity contribution in [1.82, 2.24) is 5.32 Å². The molecule has 2 aromatic rings. The average Bonchev–Trinajstić information content (AvgIpc) is 2.73. The minimum atomic E-state index is -3.61. The molecule has 2 aromatic carbocycles. The van der Waals surface area contributed by atoms with Gasteiger partial charge in [0.25, 0.3) is 0 Å². The zero-order valence-electron chi connectivity index (χ0n) is 19.3. The number of carbonyl (C=O) groups excluding carboxylic acids is 1. The van der Waals surface area contributed by atoms with Gasteiger partial charge < -0.3 is 14.8 Å². The Bertz CT molecular complexity index is 959. The smallest absolute Gasteiger partial charge is 0.240 e. The Kier molecular flexibility index (Phi) is 9.84. The van der Waals surface area contributed by atoms with Crippen LogP contribution in [-0.2, 0) is 21.2 Å². The fourth-order valence-electron chi connectivity index (χ4n) is 3.08. The number of nitrogens with one attached hydrogen (secondary N) is 1. The molecule has 8 heteroatoms. The molecule has 1 N–H and O–H groups in total. The SMILES string of the molecule is CCCOc1ccc(N(CC(=O)NCCCc2cccc(OC(C)C)c2)S(C)(=O)=O)cc1. The summed E-state index contributed by atoms with van der Waals surface area (Å²) >= 11 is 0. The van der Waals surface area contributed by atoms with E-state index in [9.17, 15) is 13.2 Å². The second kappa shape index (κ2) is 12.3. The molecule has 0 radical (unpaired) electrons. The lowest BCUT2D eigenvalue weighted by atomic mass is 10.1. The number of carbonyl (C=O) groups is 1. The van der Waals surface area contributed by atoms with Gasteiger partial charge in [-0.3, -0.25) is 9.10 Å². The maximum Gasteiger partial charge on any atom is 0.240 e. The van der Waals surface area contributed by atoms with Crippen LogP contribution in [-0.4, -0.2) is 46.4 Å². The molecule has 7 nitrogen and oxygen atoms in total. The second-order valence-corrected chi connectivity index (χ2v) is 9.79. The summed E-state index contributed by atoms with van der Waals surface area (Å²) < 4.78 is 36.8. The van der Waals surface area contributed by atoms with E-state index in [1.54, 1.807) is 24.3 Å². The predicted octanol–water partition coefficient (Wildman–Crippen LogP) is 3.78. The highest BCUT2D eigenvalue weighted by atomic mass is 32.2. The van der Waals surface area contributed by atoms with Crippen LogP contribution in [0.4, 0.5) is 5.69 Å². The molecular weight excluding hydrogens is 428 g/mol. The number of nitrogens with zero attached hydrogens (tertiary/aromatic N) is 1. The molecule has 0 atom stereocenters. The minimum absolute atomic E-state index is 0.113. The third kappa shape index (κ3) is 8.78. The number of rotatable bonds is 13. The Hall–Kier alpha value is -2.74. The van der Waals surface area contributed by atoms with Crippen molar-refractivity contribution in [3.8, 4) is 11.5 Å². The molecule has 0 aliphatic heterocycles. The van der Waals surface area contributed by atoms with Crippen LogP contribution in [0.3, 0.4) is 0 Å². The van der Waals surface area contributed by atoms with E-state index < -0.39 is 10.0 Å². The lowest BCUT2D eigenvalue weighted by Gasteiger charge is -2.22. The Labute approximate surface area is 191 Å². The van der Waals surface area contributed by atoms with E-state index in [0.29, 0.717) is 24.6 Å². The number of hydrogen-bond acceptors (Lipinski definition) is 5. The molecule has 0 saturated carbocycles. The van der Waals surface area contributed by atoms with E-state index in [4.69, 9.17) is 9.47 Å². The van der Waals surface area contributed by atoms with E-state index in [2.05, 4.69) is 5.32 Å². The normalized spacial score (nSPS) is 11.3. The predicted molar refractivity (Wildman–Crippen MR) is 128 cm³/mol. The van der Waals surface area contributed by atoms with Crippen LogP contribution in [0.2, 0.25) is 0 Å². The van der Waals surface area contributed by atoms with Gasteiger partial charge in [-0.1, -0.05) is 19.1 Å². The summed E-state index contributed by atoms with van der Waals surface area (Å²) in [4.78, 5) is 12.4. The summed E-state index contributed by atoms with van der Waals surface area (Å²) in [5, 5.41) is 2.81. The average molecular weight is 463 g/mol. The van der Waals surface area contributed by atoms with Crippen molar-refractivity contribution in [3.63, 3.8) is 0 Å². The molecule has 32 heavy (non-hydrogen) atoms. The van der Waals surface area contributed by atoms with Gasteiger partial charge >= 0.3 is 0 Å². The molecule has 0 spiro atoms. The summed E-state index contributed by atoms with van der Waals surface area (Å²) in [7, 11) is -3.61. The van der Waals surface area contributed by atoms with Crippen LogP contribution >= 0.6 is 0 Å². The molecule has 0 fully saturated rings. The fourth-order valence-corrected chi connectivity index (χ4v) is 3.94. The van der Waals surface area contributed by atoms with Crippen molar-refractivity contribution in [1.29, 1.82) is 0 Å². The van der Waals surface area contributed by atoms with E-state index >= 15 is 0 Å². The highest BCUT2D eigenvalue weighted by Crippen LogP contribution is 2.21. The van der Waals surface area contributed by atoms with Crippen LogP contribution in [0.15, 0.2) is 48.5 Å². The molecule has 0 heterocycles. The number of benzene rings is 2. The number of amides is 1. The monoisotopic (exact) mass is 462 g/mol. The molecule has 0 aromatic heterocycles. The topological polar surface area (TPSA) is 84.9 Å². The van der Waals surface area contributed by atoms with E-state index in [0.717, 1.165) is 41.1 Å². The first-order chi connectivity index (χ1) is 15.2. The van der Waals surface area contributed by atoms with Crippen LogP contribution in [0.5, 0.6) is 11.5 Å². The first-order valence-electron chi connectivity index (χ1n) is 10.9. The third-order valence-corrected chi connectivity index (χ3v) is 5.66. The van der Waals surface area contributed by atoms with E-state index in [1.807, 2.05) is 45.0 Å². The number of sulfonamides is 1. The highest BCUT2D eigenvalue weighted by molar-refractivity contribution is 7.92. The van der Waals surface area contributed by atoms with Crippen LogP contribution in [0.1, 0.15) is 39.2 Å². The largest absolute Gasteiger partial charge is 0.494 e. The van der Waals surface area contributed by atoms with Gasteiger partial charge in [-0.15, -0.1) is 0 Å². The molecule has 2 rings (SSSR count). The van der Waals surface area contributed by atoms with Crippen molar-refractivity contribution in [2.45, 2.75) is 46.1 Å². The first kappa shape index (κ1) is 25.5. The van der Waals surface area contributed by atoms with Crippen molar-refractivity contribution >= 4 is 21.6 Å². The standard InChI is InChI=1S/C24H34N2O5S/c1-5-16-30-22-13-11-21(12-14-22)26(32(4,28)29)18-24(27)25-15-7-9-20-8-6-10-23(17-20)31-19(2)3/h6,8,10-14,17,19H,5,7,9,15-16,18H2,1-4H3,(H,25,27). The van der Waals surface area contributed by atoms with Crippen molar-refractivity contribution < 1.29 is 22.7 Å². The lowest BCUT2D eigenvalue weighted by Crippen LogP contribution is -2.40. The third-order valence-electron chi connectivity index (χ3n) is 4.52. The Balaban J connectivity index is 1.87. The summed E-state index contributed by atoms with van der Waals surface area (Å²) in [5.74, 6) is 1.14. The maximum atomic E-state index is 12.4. The second-order valence-electron chi connectivity index (χ2n) is 7.88. The number of aryl methyl sites for hydroxylation is 1. The van der Waals surface area contributed by atoms with Crippen LogP contribution < -0.4 is 19.1 Å². The molecule has 0 unspecified atom stereocenters. The van der Waals surface area contributed by atoms with Gasteiger partial charge in [-0.2, -0.15) is 0 Å². The Morgan fingerprint density at radius 3 is 2.44 bits per heavy atom. The van der Waals surface area contributed by atoms with Crippen molar-refractivity contribution in [3.05, 3.63) is 54.1 Å². The number of ether oxygens (including phenoxy) is 2. The van der Waals surface area contributed by atoms with Gasteiger partial charge in [0.15, 0.2) is 0 Å². The molecule has 176 valence electrons. The first-order valence-corrected chi connectivity index (χ1v) is 12.8. The summed E-state index contributed by atoms with van der Waals surface area (Å²) in [6, 6.07) is 14.6. The zero-order valence-corrected chi connectivity index (χ0v) is 20.2. The fraction of sp³-hybridized carbons (Fsp3) is 0.458. The summed E-state index contributed by atoms with van der Waals surface area (Å²) in [5.41, 5.74) is 1.55. The van der Waals surface area contributed by atoms with Gasteiger partial charge in [0.05, 0.1) is 24.7 Å². The van der Waals surface area contributed by atoms with Crippen molar-refractivity contribution in [2.75, 3.05) is 30.3 Å². The minimum Gasteiger partial charge on any atom is -0.494 e. The number of hydrogen-bond donors (Lipinski definition) is 1.